The average Bonchev–Trinajstić information content (AvgIpc) is 3.41. The van der Waals surface area contributed by atoms with E-state index in [0.717, 1.165) is 16.9 Å². The number of rotatable bonds is 4. The third-order valence-electron chi connectivity index (χ3n) is 8.54. The Morgan fingerprint density at radius 3 is 1.75 bits per heavy atom. The zero-order chi connectivity index (χ0) is 22.1. The van der Waals surface area contributed by atoms with Crippen LogP contribution in [0.15, 0.2) is 91.0 Å². The number of carbonyl (C=O) groups is 2. The van der Waals surface area contributed by atoms with Gasteiger partial charge < -0.3 is 4.74 Å². The Morgan fingerprint density at radius 1 is 0.719 bits per heavy atom. The molecule has 3 heteroatoms. The molecule has 0 radical (unpaired) electrons. The summed E-state index contributed by atoms with van der Waals surface area (Å²) in [6.45, 7) is 3.98. The van der Waals surface area contributed by atoms with Gasteiger partial charge in [-0.15, -0.1) is 0 Å². The maximum Gasteiger partial charge on any atom is 0.148 e. The molecule has 3 aromatic rings. The molecule has 0 spiro atoms. The van der Waals surface area contributed by atoms with E-state index in [1.54, 1.807) is 0 Å². The minimum atomic E-state index is -0.768. The van der Waals surface area contributed by atoms with Gasteiger partial charge >= 0.3 is 0 Å². The van der Waals surface area contributed by atoms with Crippen LogP contribution < -0.4 is 4.74 Å². The Morgan fingerprint density at radius 2 is 1.22 bits per heavy atom. The number of ether oxygens (including phenoxy) is 1. The van der Waals surface area contributed by atoms with Crippen molar-refractivity contribution in [2.24, 2.45) is 22.7 Å². The van der Waals surface area contributed by atoms with Crippen molar-refractivity contribution in [2.45, 2.75) is 31.8 Å². The lowest BCUT2D eigenvalue weighted by Gasteiger charge is -2.53. The van der Waals surface area contributed by atoms with Crippen LogP contribution in [0.4, 0.5) is 0 Å². The molecule has 3 nitrogen and oxygen atoms in total. The number of fused-ring (bicyclic) bond motifs is 2. The lowest BCUT2D eigenvalue weighted by atomic mass is 9.50. The van der Waals surface area contributed by atoms with E-state index in [-0.39, 0.29) is 23.6 Å². The van der Waals surface area contributed by atoms with E-state index in [0.29, 0.717) is 6.42 Å². The lowest BCUT2D eigenvalue weighted by molar-refractivity contribution is -0.172. The Hall–Kier alpha value is -3.20. The fraction of sp³-hybridized carbons (Fsp3) is 0.310. The smallest absolute Gasteiger partial charge is 0.148 e. The molecule has 160 valence electrons. The van der Waals surface area contributed by atoms with Gasteiger partial charge in [0.1, 0.15) is 23.4 Å². The number of hydrogen-bond donors (Lipinski definition) is 0. The van der Waals surface area contributed by atoms with Crippen molar-refractivity contribution in [1.29, 1.82) is 0 Å². The van der Waals surface area contributed by atoms with Gasteiger partial charge in [0, 0.05) is 16.7 Å². The maximum atomic E-state index is 14.2. The minimum absolute atomic E-state index is 0.171. The van der Waals surface area contributed by atoms with E-state index in [1.807, 2.05) is 80.6 Å². The first-order valence-electron chi connectivity index (χ1n) is 11.4. The summed E-state index contributed by atoms with van der Waals surface area (Å²) in [5.74, 6) is 0.381. The molecule has 6 rings (SSSR count). The topological polar surface area (TPSA) is 43.4 Å². The van der Waals surface area contributed by atoms with Crippen LogP contribution in [0.25, 0.3) is 0 Å². The third-order valence-corrected chi connectivity index (χ3v) is 8.54. The summed E-state index contributed by atoms with van der Waals surface area (Å²) in [4.78, 5) is 28.3. The molecule has 3 fully saturated rings. The average molecular weight is 423 g/mol. The maximum absolute atomic E-state index is 14.2. The van der Waals surface area contributed by atoms with E-state index in [2.05, 4.69) is 24.3 Å². The quantitative estimate of drug-likeness (QED) is 0.578. The highest BCUT2D eigenvalue weighted by Crippen LogP contribution is 2.80. The molecule has 0 heterocycles. The van der Waals surface area contributed by atoms with Crippen molar-refractivity contribution < 1.29 is 14.3 Å². The highest BCUT2D eigenvalue weighted by molar-refractivity contribution is 6.13. The SMILES string of the molecule is C[C@]12C(=O)[C@@H]3[C@@H](Oc4ccccc4)C[C@]3(C)C(=O)[C@H]1C2(c1ccccc1)c1ccccc1. The van der Waals surface area contributed by atoms with Crippen molar-refractivity contribution in [1.82, 2.24) is 0 Å². The van der Waals surface area contributed by atoms with Crippen molar-refractivity contribution in [3.63, 3.8) is 0 Å². The second-order valence-electron chi connectivity index (χ2n) is 9.97. The molecule has 3 aromatic carbocycles. The van der Waals surface area contributed by atoms with Crippen LogP contribution in [-0.2, 0) is 15.0 Å². The first-order chi connectivity index (χ1) is 15.5. The van der Waals surface area contributed by atoms with Crippen LogP contribution in [0, 0.1) is 22.7 Å². The summed E-state index contributed by atoms with van der Waals surface area (Å²) < 4.78 is 6.22. The van der Waals surface area contributed by atoms with Crippen LogP contribution in [-0.4, -0.2) is 17.7 Å². The number of hydrogen-bond acceptors (Lipinski definition) is 3. The van der Waals surface area contributed by atoms with Gasteiger partial charge in [0.05, 0.1) is 11.3 Å². The molecular weight excluding hydrogens is 396 g/mol. The predicted molar refractivity (Wildman–Crippen MR) is 122 cm³/mol. The largest absolute Gasteiger partial charge is 0.490 e. The Kier molecular flexibility index (Phi) is 3.90. The summed E-state index contributed by atoms with van der Waals surface area (Å²) >= 11 is 0. The van der Waals surface area contributed by atoms with Gasteiger partial charge in [0.2, 0.25) is 0 Å². The molecule has 0 unspecified atom stereocenters. The summed E-state index contributed by atoms with van der Waals surface area (Å²) in [6, 6.07) is 29.8. The van der Waals surface area contributed by atoms with Crippen LogP contribution in [0.5, 0.6) is 5.75 Å². The monoisotopic (exact) mass is 422 g/mol. The Labute approximate surface area is 188 Å². The van der Waals surface area contributed by atoms with Gasteiger partial charge in [0.15, 0.2) is 0 Å². The summed E-state index contributed by atoms with van der Waals surface area (Å²) in [5.41, 5.74) is 0.0416. The molecule has 0 aliphatic heterocycles. The van der Waals surface area contributed by atoms with Crippen LogP contribution in [0.3, 0.4) is 0 Å². The van der Waals surface area contributed by atoms with Crippen molar-refractivity contribution in [2.75, 3.05) is 0 Å². The first kappa shape index (κ1) is 19.5. The molecule has 3 saturated carbocycles. The van der Waals surface area contributed by atoms with E-state index < -0.39 is 22.2 Å². The van der Waals surface area contributed by atoms with Crippen LogP contribution in [0.2, 0.25) is 0 Å². The standard InChI is InChI=1S/C29H26O3/c1-27-18-22(32-21-16-10-5-11-17-21)23(27)25(30)28(2)24(26(27)31)29(28,19-12-6-3-7-13-19)20-14-8-4-9-15-20/h3-17,22-24H,18H2,1-2H3/t22-,23-,24+,27-,28+/m0/s1. The van der Waals surface area contributed by atoms with Gasteiger partial charge in [-0.2, -0.15) is 0 Å². The molecule has 0 bridgehead atoms. The Bertz CT molecular complexity index is 1160. The molecule has 0 saturated heterocycles. The lowest BCUT2D eigenvalue weighted by Crippen LogP contribution is -2.64. The van der Waals surface area contributed by atoms with Gasteiger partial charge in [0.25, 0.3) is 0 Å². The van der Waals surface area contributed by atoms with Gasteiger partial charge in [-0.3, -0.25) is 9.59 Å². The van der Waals surface area contributed by atoms with Gasteiger partial charge in [-0.1, -0.05) is 92.7 Å². The fourth-order valence-corrected chi connectivity index (χ4v) is 6.98. The molecular formula is C29H26O3. The molecule has 32 heavy (non-hydrogen) atoms. The highest BCUT2D eigenvalue weighted by atomic mass is 16.5. The first-order valence-corrected chi connectivity index (χ1v) is 11.4. The van der Waals surface area contributed by atoms with E-state index in [4.69, 9.17) is 4.74 Å². The number of para-hydroxylation sites is 1. The summed E-state index contributed by atoms with van der Waals surface area (Å²) in [7, 11) is 0. The molecule has 3 aliphatic carbocycles. The fourth-order valence-electron chi connectivity index (χ4n) is 6.98. The number of ketones is 2. The molecule has 5 atom stereocenters. The van der Waals surface area contributed by atoms with Crippen molar-refractivity contribution in [3.05, 3.63) is 102 Å². The van der Waals surface area contributed by atoms with Crippen LogP contribution in [0.1, 0.15) is 31.4 Å². The number of Topliss-reactive ketones (excluding diaryl/α,β-unsaturated/α-hetero) is 2. The summed E-state index contributed by atoms with van der Waals surface area (Å²) in [6.07, 6.45) is 0.324. The highest BCUT2D eigenvalue weighted by Gasteiger charge is 2.88. The Balaban J connectivity index is 1.47. The van der Waals surface area contributed by atoms with E-state index >= 15 is 0 Å². The van der Waals surface area contributed by atoms with Crippen molar-refractivity contribution in [3.8, 4) is 5.75 Å². The van der Waals surface area contributed by atoms with Crippen molar-refractivity contribution >= 4 is 11.6 Å². The van der Waals surface area contributed by atoms with Gasteiger partial charge in [-0.05, 0) is 29.7 Å². The third kappa shape index (κ3) is 2.16. The normalized spacial score (nSPS) is 34.1. The molecule has 3 aliphatic rings. The number of benzene rings is 3. The molecule has 0 aromatic heterocycles. The second kappa shape index (κ2) is 6.41. The van der Waals surface area contributed by atoms with Gasteiger partial charge in [-0.25, -0.2) is 0 Å². The number of carbonyl (C=O) groups excluding carboxylic acids is 2. The summed E-state index contributed by atoms with van der Waals surface area (Å²) in [5, 5.41) is 0. The predicted octanol–water partition coefficient (Wildman–Crippen LogP) is 5.23. The van der Waals surface area contributed by atoms with E-state index in [1.165, 1.54) is 0 Å². The minimum Gasteiger partial charge on any atom is -0.490 e. The zero-order valence-corrected chi connectivity index (χ0v) is 18.3. The van der Waals surface area contributed by atoms with Crippen LogP contribution >= 0.6 is 0 Å². The van der Waals surface area contributed by atoms with E-state index in [9.17, 15) is 9.59 Å². The second-order valence-corrected chi connectivity index (χ2v) is 9.97. The zero-order valence-electron chi connectivity index (χ0n) is 18.3. The molecule has 0 N–H and O–H groups in total. The molecule has 0 amide bonds.